The van der Waals surface area contributed by atoms with Crippen molar-refractivity contribution in [2.75, 3.05) is 13.2 Å². The molecule has 29 heavy (non-hydrogen) atoms. The third kappa shape index (κ3) is 4.24. The summed E-state index contributed by atoms with van der Waals surface area (Å²) in [5.41, 5.74) is 8.80. The Bertz CT molecular complexity index is 1040. The Kier molecular flexibility index (Phi) is 6.45. The van der Waals surface area contributed by atoms with Crippen LogP contribution in [-0.2, 0) is 0 Å². The first kappa shape index (κ1) is 21.5. The fourth-order valence-electron chi connectivity index (χ4n) is 3.24. The quantitative estimate of drug-likeness (QED) is 0.487. The molecule has 1 fully saturated rings. The van der Waals surface area contributed by atoms with Crippen LogP contribution >= 0.6 is 28.3 Å². The molecule has 0 atom stereocenters. The number of carbonyl (C=O) groups is 1. The van der Waals surface area contributed by atoms with Crippen LogP contribution in [0, 0.1) is 13.8 Å². The monoisotopic (exact) mass is 480 g/mol. The molecule has 7 nitrogen and oxygen atoms in total. The standard InChI is InChI=1S/C20H21BrN4O3.ClH/c1-10-16(18(26)14-9-13(21)5-6-15(14)27-8-7-22)11(2)23-17(10)20-25-24-19(28-20)12-3-4-12;/h5-6,9,12,23H,3-4,7-8,22H2,1-2H3;1H. The van der Waals surface area contributed by atoms with E-state index < -0.39 is 0 Å². The number of ether oxygens (including phenoxy) is 1. The highest BCUT2D eigenvalue weighted by Gasteiger charge is 2.31. The lowest BCUT2D eigenvalue weighted by Gasteiger charge is -2.11. The number of hydrogen-bond donors (Lipinski definition) is 2. The van der Waals surface area contributed by atoms with E-state index in [0.29, 0.717) is 53.4 Å². The van der Waals surface area contributed by atoms with E-state index in [-0.39, 0.29) is 18.2 Å². The van der Waals surface area contributed by atoms with E-state index in [1.54, 1.807) is 12.1 Å². The van der Waals surface area contributed by atoms with E-state index in [2.05, 4.69) is 31.1 Å². The largest absolute Gasteiger partial charge is 0.492 e. The lowest BCUT2D eigenvalue weighted by atomic mass is 9.99. The van der Waals surface area contributed by atoms with Crippen LogP contribution in [0.15, 0.2) is 27.1 Å². The van der Waals surface area contributed by atoms with Crippen LogP contribution in [0.2, 0.25) is 0 Å². The Morgan fingerprint density at radius 2 is 2.10 bits per heavy atom. The number of H-pyrrole nitrogens is 1. The van der Waals surface area contributed by atoms with Gasteiger partial charge in [0.15, 0.2) is 5.78 Å². The van der Waals surface area contributed by atoms with E-state index in [4.69, 9.17) is 14.9 Å². The predicted octanol–water partition coefficient (Wildman–Crippen LogP) is 4.31. The molecule has 0 amide bonds. The first-order valence-electron chi connectivity index (χ1n) is 9.19. The molecular formula is C20H22BrClN4O3. The van der Waals surface area contributed by atoms with E-state index in [1.807, 2.05) is 19.9 Å². The molecule has 2 aromatic heterocycles. The van der Waals surface area contributed by atoms with Gasteiger partial charge in [0.1, 0.15) is 18.1 Å². The molecule has 0 unspecified atom stereocenters. The fraction of sp³-hybridized carbons (Fsp3) is 0.350. The molecule has 9 heteroatoms. The summed E-state index contributed by atoms with van der Waals surface area (Å²) in [6, 6.07) is 5.37. The number of aryl methyl sites for hydroxylation is 1. The summed E-state index contributed by atoms with van der Waals surface area (Å²) in [5.74, 6) is 1.83. The Morgan fingerprint density at radius 3 is 2.79 bits per heavy atom. The third-order valence-corrected chi connectivity index (χ3v) is 5.30. The van der Waals surface area contributed by atoms with Crippen LogP contribution < -0.4 is 10.5 Å². The SMILES string of the molecule is Cc1[nH]c(-c2nnc(C3CC3)o2)c(C)c1C(=O)c1cc(Br)ccc1OCCN.Cl. The summed E-state index contributed by atoms with van der Waals surface area (Å²) < 4.78 is 12.3. The molecular weight excluding hydrogens is 460 g/mol. The van der Waals surface area contributed by atoms with Crippen LogP contribution in [-0.4, -0.2) is 34.1 Å². The molecule has 0 spiro atoms. The van der Waals surface area contributed by atoms with Crippen molar-refractivity contribution in [1.29, 1.82) is 0 Å². The van der Waals surface area contributed by atoms with Crippen LogP contribution in [0.25, 0.3) is 11.6 Å². The molecule has 1 aliphatic carbocycles. The van der Waals surface area contributed by atoms with Crippen molar-refractivity contribution in [2.24, 2.45) is 5.73 Å². The molecule has 0 bridgehead atoms. The average Bonchev–Trinajstić information content (AvgIpc) is 3.34. The van der Waals surface area contributed by atoms with Gasteiger partial charge in [0.25, 0.3) is 5.89 Å². The van der Waals surface area contributed by atoms with Crippen LogP contribution in [0.5, 0.6) is 5.75 Å². The lowest BCUT2D eigenvalue weighted by molar-refractivity contribution is 0.103. The highest BCUT2D eigenvalue weighted by atomic mass is 79.9. The van der Waals surface area contributed by atoms with Crippen molar-refractivity contribution in [3.63, 3.8) is 0 Å². The van der Waals surface area contributed by atoms with Crippen molar-refractivity contribution >= 4 is 34.1 Å². The number of hydrogen-bond acceptors (Lipinski definition) is 6. The second-order valence-electron chi connectivity index (χ2n) is 6.95. The second-order valence-corrected chi connectivity index (χ2v) is 7.87. The average molecular weight is 482 g/mol. The molecule has 1 saturated carbocycles. The Morgan fingerprint density at radius 1 is 1.34 bits per heavy atom. The maximum absolute atomic E-state index is 13.4. The molecule has 2 heterocycles. The van der Waals surface area contributed by atoms with E-state index in [1.165, 1.54) is 0 Å². The summed E-state index contributed by atoms with van der Waals surface area (Å²) in [5, 5.41) is 8.30. The van der Waals surface area contributed by atoms with Gasteiger partial charge in [-0.2, -0.15) is 0 Å². The van der Waals surface area contributed by atoms with Crippen molar-refractivity contribution in [3.8, 4) is 17.3 Å². The topological polar surface area (TPSA) is 107 Å². The molecule has 154 valence electrons. The number of aromatic amines is 1. The number of benzene rings is 1. The number of nitrogens with zero attached hydrogens (tertiary/aromatic N) is 2. The lowest BCUT2D eigenvalue weighted by Crippen LogP contribution is -2.13. The van der Waals surface area contributed by atoms with Gasteiger partial charge in [-0.1, -0.05) is 15.9 Å². The van der Waals surface area contributed by atoms with Gasteiger partial charge in [-0.15, -0.1) is 22.6 Å². The number of rotatable bonds is 7. The number of aromatic nitrogens is 3. The van der Waals surface area contributed by atoms with Crippen LogP contribution in [0.1, 0.15) is 51.8 Å². The highest BCUT2D eigenvalue weighted by molar-refractivity contribution is 9.10. The minimum atomic E-state index is -0.132. The van der Waals surface area contributed by atoms with E-state index >= 15 is 0 Å². The summed E-state index contributed by atoms with van der Waals surface area (Å²) in [6.07, 6.45) is 2.17. The third-order valence-electron chi connectivity index (χ3n) is 4.81. The van der Waals surface area contributed by atoms with Crippen LogP contribution in [0.4, 0.5) is 0 Å². The predicted molar refractivity (Wildman–Crippen MR) is 115 cm³/mol. The van der Waals surface area contributed by atoms with Gasteiger partial charge >= 0.3 is 0 Å². The number of ketones is 1. The Labute approximate surface area is 183 Å². The van der Waals surface area contributed by atoms with Gasteiger partial charge in [0.05, 0.1) is 5.56 Å². The molecule has 1 aromatic carbocycles. The number of halogens is 2. The van der Waals surface area contributed by atoms with Gasteiger partial charge in [0.2, 0.25) is 5.89 Å². The summed E-state index contributed by atoms with van der Waals surface area (Å²) >= 11 is 3.43. The summed E-state index contributed by atoms with van der Waals surface area (Å²) in [4.78, 5) is 16.6. The van der Waals surface area contributed by atoms with Gasteiger partial charge < -0.3 is 19.9 Å². The Balaban J connectivity index is 0.00000240. The first-order valence-corrected chi connectivity index (χ1v) is 9.99. The molecule has 3 N–H and O–H groups in total. The summed E-state index contributed by atoms with van der Waals surface area (Å²) in [6.45, 7) is 4.45. The van der Waals surface area contributed by atoms with E-state index in [0.717, 1.165) is 28.6 Å². The zero-order valence-corrected chi connectivity index (χ0v) is 18.5. The molecule has 0 saturated heterocycles. The first-order chi connectivity index (χ1) is 13.5. The normalized spacial score (nSPS) is 13.2. The molecule has 3 aromatic rings. The van der Waals surface area contributed by atoms with Gasteiger partial charge in [-0.05, 0) is 50.5 Å². The minimum Gasteiger partial charge on any atom is -0.492 e. The van der Waals surface area contributed by atoms with Crippen molar-refractivity contribution in [3.05, 3.63) is 50.9 Å². The smallest absolute Gasteiger partial charge is 0.264 e. The van der Waals surface area contributed by atoms with Crippen LogP contribution in [0.3, 0.4) is 0 Å². The maximum Gasteiger partial charge on any atom is 0.264 e. The molecule has 1 aliphatic rings. The molecule has 4 rings (SSSR count). The van der Waals surface area contributed by atoms with Gasteiger partial charge in [-0.25, -0.2) is 0 Å². The summed E-state index contributed by atoms with van der Waals surface area (Å²) in [7, 11) is 0. The Hall–Kier alpha value is -2.16. The number of nitrogens with one attached hydrogen (secondary N) is 1. The zero-order chi connectivity index (χ0) is 19.8. The number of nitrogens with two attached hydrogens (primary N) is 1. The highest BCUT2D eigenvalue weighted by Crippen LogP contribution is 2.40. The van der Waals surface area contributed by atoms with Gasteiger partial charge in [-0.3, -0.25) is 4.79 Å². The zero-order valence-electron chi connectivity index (χ0n) is 16.1. The fourth-order valence-corrected chi connectivity index (χ4v) is 3.61. The van der Waals surface area contributed by atoms with Crippen molar-refractivity contribution < 1.29 is 13.9 Å². The van der Waals surface area contributed by atoms with E-state index in [9.17, 15) is 4.79 Å². The van der Waals surface area contributed by atoms with Crippen molar-refractivity contribution in [1.82, 2.24) is 15.2 Å². The maximum atomic E-state index is 13.4. The van der Waals surface area contributed by atoms with Gasteiger partial charge in [0, 0.05) is 28.2 Å². The minimum absolute atomic E-state index is 0. The van der Waals surface area contributed by atoms with Crippen molar-refractivity contribution in [2.45, 2.75) is 32.6 Å². The number of carbonyl (C=O) groups excluding carboxylic acids is 1. The molecule has 0 aliphatic heterocycles. The second kappa shape index (κ2) is 8.69. The molecule has 0 radical (unpaired) electrons.